The molecule has 164 valence electrons. The van der Waals surface area contributed by atoms with Crippen LogP contribution in [0.25, 0.3) is 0 Å². The molecule has 0 aromatic heterocycles. The van der Waals surface area contributed by atoms with Crippen molar-refractivity contribution in [1.82, 2.24) is 0 Å². The van der Waals surface area contributed by atoms with Crippen LogP contribution in [0.15, 0.2) is 23.3 Å². The van der Waals surface area contributed by atoms with Crippen molar-refractivity contribution >= 4 is 0 Å². The van der Waals surface area contributed by atoms with E-state index in [4.69, 9.17) is 0 Å². The molecule has 0 heterocycles. The summed E-state index contributed by atoms with van der Waals surface area (Å²) < 4.78 is 0. The summed E-state index contributed by atoms with van der Waals surface area (Å²) in [7, 11) is 0. The molecule has 1 unspecified atom stereocenters. The van der Waals surface area contributed by atoms with E-state index in [1.807, 2.05) is 0 Å². The van der Waals surface area contributed by atoms with Crippen LogP contribution in [-0.2, 0) is 0 Å². The fourth-order valence-corrected chi connectivity index (χ4v) is 8.47. The van der Waals surface area contributed by atoms with Crippen molar-refractivity contribution in [2.45, 2.75) is 105 Å². The Balaban J connectivity index is 1.56. The molecule has 0 saturated heterocycles. The first-order valence-electron chi connectivity index (χ1n) is 12.4. The molecule has 0 radical (unpaired) electrons. The molecule has 0 aliphatic heterocycles. The van der Waals surface area contributed by atoms with E-state index in [-0.39, 0.29) is 17.6 Å². The highest BCUT2D eigenvalue weighted by Gasteiger charge is 2.61. The minimum atomic E-state index is -0.136. The lowest BCUT2D eigenvalue weighted by molar-refractivity contribution is -0.0814. The van der Waals surface area contributed by atoms with Crippen LogP contribution in [0.5, 0.6) is 0 Å². The van der Waals surface area contributed by atoms with E-state index in [2.05, 4.69) is 46.8 Å². The van der Waals surface area contributed by atoms with Crippen molar-refractivity contribution in [3.05, 3.63) is 23.3 Å². The maximum absolute atomic E-state index is 11.3. The predicted octanol–water partition coefficient (Wildman–Crippen LogP) is 6.28. The average Bonchev–Trinajstić information content (AvgIpc) is 2.93. The second-order valence-corrected chi connectivity index (χ2v) is 11.9. The summed E-state index contributed by atoms with van der Waals surface area (Å²) in [5, 5.41) is 21.5. The van der Waals surface area contributed by atoms with Crippen molar-refractivity contribution in [2.75, 3.05) is 0 Å². The third kappa shape index (κ3) is 3.57. The van der Waals surface area contributed by atoms with Gasteiger partial charge in [0, 0.05) is 0 Å². The fraction of sp³-hybridized carbons (Fsp3) is 0.852. The largest absolute Gasteiger partial charge is 0.393 e. The van der Waals surface area contributed by atoms with E-state index < -0.39 is 0 Å². The molecule has 3 saturated carbocycles. The van der Waals surface area contributed by atoms with Gasteiger partial charge in [0.15, 0.2) is 0 Å². The zero-order valence-electron chi connectivity index (χ0n) is 19.5. The van der Waals surface area contributed by atoms with Gasteiger partial charge < -0.3 is 10.2 Å². The summed E-state index contributed by atoms with van der Waals surface area (Å²) >= 11 is 0. The number of allylic oxidation sites excluding steroid dienone is 3. The molecular weight excluding hydrogens is 356 g/mol. The standard InChI is InChI=1S/C27H44O2/c1-17(2)7-6-8-18(3)23-16-24(29)25-21-10-9-19-15-20(28)11-13-26(19,4)22(21)12-14-27(23,25)5/h7,9,18,20-25,28-29H,6,8,10-16H2,1-5H3/t18-,20-,21-,22+,23-,24?,25-,26+,27-/m1/s1. The Hall–Kier alpha value is -0.600. The molecule has 9 atom stereocenters. The first kappa shape index (κ1) is 21.6. The lowest BCUT2D eigenvalue weighted by Crippen LogP contribution is -2.52. The number of aliphatic hydroxyl groups is 2. The first-order chi connectivity index (χ1) is 13.7. The molecule has 0 aromatic rings. The zero-order valence-corrected chi connectivity index (χ0v) is 19.5. The van der Waals surface area contributed by atoms with Crippen LogP contribution in [0.2, 0.25) is 0 Å². The lowest BCUT2D eigenvalue weighted by atomic mass is 9.46. The molecule has 2 nitrogen and oxygen atoms in total. The van der Waals surface area contributed by atoms with Gasteiger partial charge in [-0.1, -0.05) is 44.1 Å². The summed E-state index contributed by atoms with van der Waals surface area (Å²) in [4.78, 5) is 0. The van der Waals surface area contributed by atoms with E-state index >= 15 is 0 Å². The van der Waals surface area contributed by atoms with Crippen LogP contribution in [0.3, 0.4) is 0 Å². The molecule has 4 aliphatic carbocycles. The minimum absolute atomic E-state index is 0.128. The van der Waals surface area contributed by atoms with Crippen molar-refractivity contribution in [3.8, 4) is 0 Å². The maximum Gasteiger partial charge on any atom is 0.0579 e. The summed E-state index contributed by atoms with van der Waals surface area (Å²) in [5.41, 5.74) is 3.50. The summed E-state index contributed by atoms with van der Waals surface area (Å²) in [6, 6.07) is 0. The summed E-state index contributed by atoms with van der Waals surface area (Å²) in [6.07, 6.45) is 14.7. The van der Waals surface area contributed by atoms with Crippen LogP contribution in [-0.4, -0.2) is 22.4 Å². The SMILES string of the molecule is CC(C)=CCC[C@@H](C)[C@H]1CC(O)[C@H]2[C@@H]3CC=C4C[C@H](O)CC[C@]4(C)[C@H]3CC[C@]12C. The quantitative estimate of drug-likeness (QED) is 0.545. The third-order valence-corrected chi connectivity index (χ3v) is 9.99. The van der Waals surface area contributed by atoms with Crippen molar-refractivity contribution in [1.29, 1.82) is 0 Å². The maximum atomic E-state index is 11.3. The van der Waals surface area contributed by atoms with Gasteiger partial charge in [0.25, 0.3) is 0 Å². The van der Waals surface area contributed by atoms with Crippen LogP contribution >= 0.6 is 0 Å². The van der Waals surface area contributed by atoms with E-state index in [1.54, 1.807) is 0 Å². The summed E-state index contributed by atoms with van der Waals surface area (Å²) in [6.45, 7) is 11.8. The average molecular weight is 401 g/mol. The van der Waals surface area contributed by atoms with Crippen LogP contribution in [0.4, 0.5) is 0 Å². The Kier molecular flexibility index (Phi) is 5.84. The first-order valence-corrected chi connectivity index (χ1v) is 12.4. The highest BCUT2D eigenvalue weighted by atomic mass is 16.3. The van der Waals surface area contributed by atoms with Gasteiger partial charge in [-0.15, -0.1) is 0 Å². The van der Waals surface area contributed by atoms with Crippen molar-refractivity contribution in [2.24, 2.45) is 40.4 Å². The van der Waals surface area contributed by atoms with Gasteiger partial charge in [-0.25, -0.2) is 0 Å². The molecule has 3 fully saturated rings. The topological polar surface area (TPSA) is 40.5 Å². The predicted molar refractivity (Wildman–Crippen MR) is 120 cm³/mol. The Morgan fingerprint density at radius 1 is 1.21 bits per heavy atom. The zero-order chi connectivity index (χ0) is 21.0. The van der Waals surface area contributed by atoms with Crippen LogP contribution in [0, 0.1) is 40.4 Å². The van der Waals surface area contributed by atoms with E-state index in [9.17, 15) is 10.2 Å². The van der Waals surface area contributed by atoms with Crippen molar-refractivity contribution in [3.63, 3.8) is 0 Å². The van der Waals surface area contributed by atoms with E-state index in [0.29, 0.717) is 35.0 Å². The highest BCUT2D eigenvalue weighted by molar-refractivity contribution is 5.26. The number of rotatable bonds is 4. The van der Waals surface area contributed by atoms with Gasteiger partial charge in [-0.05, 0) is 112 Å². The molecule has 2 N–H and O–H groups in total. The summed E-state index contributed by atoms with van der Waals surface area (Å²) in [5.74, 6) is 3.12. The molecule has 4 aliphatic rings. The molecule has 4 rings (SSSR count). The Morgan fingerprint density at radius 2 is 1.97 bits per heavy atom. The molecule has 0 spiro atoms. The van der Waals surface area contributed by atoms with Crippen LogP contribution < -0.4 is 0 Å². The monoisotopic (exact) mass is 400 g/mol. The Labute approximate surface area is 178 Å². The Bertz CT molecular complexity index is 674. The fourth-order valence-electron chi connectivity index (χ4n) is 8.47. The van der Waals surface area contributed by atoms with Gasteiger partial charge >= 0.3 is 0 Å². The molecule has 0 bridgehead atoms. The number of hydrogen-bond donors (Lipinski definition) is 2. The second-order valence-electron chi connectivity index (χ2n) is 11.9. The molecule has 0 aromatic carbocycles. The third-order valence-electron chi connectivity index (χ3n) is 9.99. The molecule has 0 amide bonds. The second kappa shape index (κ2) is 7.83. The van der Waals surface area contributed by atoms with Crippen molar-refractivity contribution < 1.29 is 10.2 Å². The Morgan fingerprint density at radius 3 is 2.69 bits per heavy atom. The lowest BCUT2D eigenvalue weighted by Gasteiger charge is -2.58. The number of fused-ring (bicyclic) bond motifs is 5. The molecule has 29 heavy (non-hydrogen) atoms. The van der Waals surface area contributed by atoms with Crippen LogP contribution in [0.1, 0.15) is 92.4 Å². The van der Waals surface area contributed by atoms with Gasteiger partial charge in [0.05, 0.1) is 12.2 Å². The number of aliphatic hydroxyl groups excluding tert-OH is 2. The molecule has 2 heteroatoms. The van der Waals surface area contributed by atoms with E-state index in [0.717, 1.165) is 32.1 Å². The number of hydrogen-bond acceptors (Lipinski definition) is 2. The van der Waals surface area contributed by atoms with Gasteiger partial charge in [0.1, 0.15) is 0 Å². The normalized spacial score (nSPS) is 47.5. The smallest absolute Gasteiger partial charge is 0.0579 e. The van der Waals surface area contributed by atoms with Gasteiger partial charge in [-0.2, -0.15) is 0 Å². The highest BCUT2D eigenvalue weighted by Crippen LogP contribution is 2.67. The van der Waals surface area contributed by atoms with Gasteiger partial charge in [0.2, 0.25) is 0 Å². The molecular formula is C27H44O2. The minimum Gasteiger partial charge on any atom is -0.393 e. The van der Waals surface area contributed by atoms with Gasteiger partial charge in [-0.3, -0.25) is 0 Å². The van der Waals surface area contributed by atoms with E-state index in [1.165, 1.54) is 36.8 Å².